The Balaban J connectivity index is 2.98. The number of hydrogen-bond acceptors (Lipinski definition) is 1. The number of nitrogens with two attached hydrogens (primary N) is 1. The van der Waals surface area contributed by atoms with E-state index in [9.17, 15) is 4.39 Å². The lowest BCUT2D eigenvalue weighted by atomic mass is 10.1. The minimum absolute atomic E-state index is 0.312. The van der Waals surface area contributed by atoms with Gasteiger partial charge in [-0.2, -0.15) is 0 Å². The van der Waals surface area contributed by atoms with Gasteiger partial charge >= 0.3 is 0 Å². The van der Waals surface area contributed by atoms with Crippen LogP contribution < -0.4 is 5.73 Å². The summed E-state index contributed by atoms with van der Waals surface area (Å²) in [7, 11) is 0. The van der Waals surface area contributed by atoms with E-state index in [-0.39, 0.29) is 5.82 Å². The van der Waals surface area contributed by atoms with Crippen LogP contribution in [0.15, 0.2) is 24.3 Å². The summed E-state index contributed by atoms with van der Waals surface area (Å²) in [6, 6.07) is 5.47. The van der Waals surface area contributed by atoms with Crippen LogP contribution >= 0.6 is 0 Å². The van der Waals surface area contributed by atoms with Crippen LogP contribution in [-0.2, 0) is 0 Å². The van der Waals surface area contributed by atoms with Crippen molar-refractivity contribution < 1.29 is 4.39 Å². The second-order valence-electron chi connectivity index (χ2n) is 2.20. The molecule has 0 amide bonds. The van der Waals surface area contributed by atoms with E-state index in [0.29, 0.717) is 5.56 Å². The van der Waals surface area contributed by atoms with Crippen molar-refractivity contribution in [2.45, 2.75) is 6.04 Å². The minimum atomic E-state index is -0.509. The van der Waals surface area contributed by atoms with Crippen molar-refractivity contribution in [3.8, 4) is 12.3 Å². The van der Waals surface area contributed by atoms with Crippen LogP contribution in [0.2, 0.25) is 0 Å². The molecule has 0 radical (unpaired) electrons. The summed E-state index contributed by atoms with van der Waals surface area (Å²) in [5, 5.41) is 0. The average Bonchev–Trinajstić information content (AvgIpc) is 2.03. The summed E-state index contributed by atoms with van der Waals surface area (Å²) in [5.41, 5.74) is 6.09. The van der Waals surface area contributed by atoms with Gasteiger partial charge in [-0.25, -0.2) is 4.39 Å². The molecule has 0 saturated carbocycles. The number of benzene rings is 1. The molecule has 0 spiro atoms. The van der Waals surface area contributed by atoms with Crippen molar-refractivity contribution in [2.75, 3.05) is 0 Å². The van der Waals surface area contributed by atoms with Crippen molar-refractivity contribution in [3.05, 3.63) is 35.6 Å². The Morgan fingerprint density at radius 2 is 2.27 bits per heavy atom. The van der Waals surface area contributed by atoms with Gasteiger partial charge in [0.1, 0.15) is 5.82 Å². The van der Waals surface area contributed by atoms with Gasteiger partial charge in [-0.15, -0.1) is 6.42 Å². The average molecular weight is 149 g/mol. The molecule has 2 heteroatoms. The van der Waals surface area contributed by atoms with Gasteiger partial charge in [0.2, 0.25) is 0 Å². The Hall–Kier alpha value is -1.33. The first-order valence-corrected chi connectivity index (χ1v) is 3.21. The summed E-state index contributed by atoms with van der Waals surface area (Å²) >= 11 is 0. The van der Waals surface area contributed by atoms with Crippen LogP contribution in [0.1, 0.15) is 11.6 Å². The standard InChI is InChI=1S/C9H8FN/c1-2-9(11)7-4-3-5-8(10)6-7/h1,3-6,9H,11H2. The maximum atomic E-state index is 12.5. The van der Waals surface area contributed by atoms with Crippen molar-refractivity contribution in [1.29, 1.82) is 0 Å². The first-order valence-electron chi connectivity index (χ1n) is 3.21. The van der Waals surface area contributed by atoms with Crippen molar-refractivity contribution in [1.82, 2.24) is 0 Å². The third kappa shape index (κ3) is 1.79. The molecule has 1 aromatic carbocycles. The lowest BCUT2D eigenvalue weighted by Gasteiger charge is -2.02. The first-order chi connectivity index (χ1) is 5.24. The molecule has 0 saturated heterocycles. The molecular weight excluding hydrogens is 141 g/mol. The topological polar surface area (TPSA) is 26.0 Å². The molecule has 0 heterocycles. The Labute approximate surface area is 65.0 Å². The Kier molecular flexibility index (Phi) is 2.25. The first kappa shape index (κ1) is 7.77. The lowest BCUT2D eigenvalue weighted by molar-refractivity contribution is 0.624. The molecule has 0 aliphatic rings. The lowest BCUT2D eigenvalue weighted by Crippen LogP contribution is -2.06. The van der Waals surface area contributed by atoms with Crippen molar-refractivity contribution >= 4 is 0 Å². The zero-order valence-corrected chi connectivity index (χ0v) is 5.92. The van der Waals surface area contributed by atoms with E-state index in [1.54, 1.807) is 12.1 Å². The molecule has 0 aliphatic carbocycles. The zero-order chi connectivity index (χ0) is 8.27. The van der Waals surface area contributed by atoms with E-state index in [0.717, 1.165) is 0 Å². The smallest absolute Gasteiger partial charge is 0.123 e. The highest BCUT2D eigenvalue weighted by molar-refractivity contribution is 5.25. The molecule has 2 N–H and O–H groups in total. The van der Waals surface area contributed by atoms with Crippen LogP contribution in [0.25, 0.3) is 0 Å². The fourth-order valence-corrected chi connectivity index (χ4v) is 0.796. The summed E-state index contributed by atoms with van der Waals surface area (Å²) in [5.74, 6) is 2.01. The molecule has 1 unspecified atom stereocenters. The van der Waals surface area contributed by atoms with Crippen LogP contribution in [0.5, 0.6) is 0 Å². The summed E-state index contributed by atoms with van der Waals surface area (Å²) in [6.45, 7) is 0. The van der Waals surface area contributed by atoms with E-state index in [1.165, 1.54) is 12.1 Å². The molecule has 1 rings (SSSR count). The second kappa shape index (κ2) is 3.18. The zero-order valence-electron chi connectivity index (χ0n) is 5.92. The van der Waals surface area contributed by atoms with Gasteiger partial charge in [0.05, 0.1) is 6.04 Å². The Bertz CT molecular complexity index is 288. The molecule has 0 fully saturated rings. The number of rotatable bonds is 1. The summed E-state index contributed by atoms with van der Waals surface area (Å²) in [6.07, 6.45) is 5.06. The van der Waals surface area contributed by atoms with Gasteiger partial charge in [-0.1, -0.05) is 18.1 Å². The van der Waals surface area contributed by atoms with Crippen molar-refractivity contribution in [2.24, 2.45) is 5.73 Å². The second-order valence-corrected chi connectivity index (χ2v) is 2.20. The van der Waals surface area contributed by atoms with Crippen LogP contribution in [0, 0.1) is 18.2 Å². The van der Waals surface area contributed by atoms with E-state index in [1.807, 2.05) is 0 Å². The fraction of sp³-hybridized carbons (Fsp3) is 0.111. The number of terminal acetylenes is 1. The highest BCUT2D eigenvalue weighted by Gasteiger charge is 2.01. The maximum absolute atomic E-state index is 12.5. The molecule has 1 atom stereocenters. The van der Waals surface area contributed by atoms with E-state index < -0.39 is 6.04 Å². The Morgan fingerprint density at radius 3 is 2.82 bits per heavy atom. The fourth-order valence-electron chi connectivity index (χ4n) is 0.796. The molecule has 0 aromatic heterocycles. The van der Waals surface area contributed by atoms with E-state index in [4.69, 9.17) is 12.2 Å². The Morgan fingerprint density at radius 1 is 1.55 bits per heavy atom. The van der Waals surface area contributed by atoms with Gasteiger partial charge in [-0.05, 0) is 17.7 Å². The predicted molar refractivity (Wildman–Crippen MR) is 42.2 cm³/mol. The largest absolute Gasteiger partial charge is 0.314 e. The minimum Gasteiger partial charge on any atom is -0.314 e. The predicted octanol–water partition coefficient (Wildman–Crippen LogP) is 1.46. The van der Waals surface area contributed by atoms with Gasteiger partial charge in [0, 0.05) is 0 Å². The highest BCUT2D eigenvalue weighted by Crippen LogP contribution is 2.09. The van der Waals surface area contributed by atoms with Gasteiger partial charge < -0.3 is 5.73 Å². The monoisotopic (exact) mass is 149 g/mol. The van der Waals surface area contributed by atoms with Crippen LogP contribution in [-0.4, -0.2) is 0 Å². The molecule has 56 valence electrons. The third-order valence-corrected chi connectivity index (χ3v) is 1.39. The van der Waals surface area contributed by atoms with E-state index in [2.05, 4.69) is 5.92 Å². The van der Waals surface area contributed by atoms with Crippen LogP contribution in [0.4, 0.5) is 4.39 Å². The van der Waals surface area contributed by atoms with E-state index >= 15 is 0 Å². The molecular formula is C9H8FN. The van der Waals surface area contributed by atoms with Crippen molar-refractivity contribution in [3.63, 3.8) is 0 Å². The SMILES string of the molecule is C#CC(N)c1cccc(F)c1. The summed E-state index contributed by atoms with van der Waals surface area (Å²) in [4.78, 5) is 0. The quantitative estimate of drug-likeness (QED) is 0.601. The normalized spacial score (nSPS) is 12.1. The molecule has 0 bridgehead atoms. The third-order valence-electron chi connectivity index (χ3n) is 1.39. The van der Waals surface area contributed by atoms with Gasteiger partial charge in [0.15, 0.2) is 0 Å². The van der Waals surface area contributed by atoms with Crippen LogP contribution in [0.3, 0.4) is 0 Å². The molecule has 1 aromatic rings. The molecule has 1 nitrogen and oxygen atoms in total. The van der Waals surface area contributed by atoms with Gasteiger partial charge in [0.25, 0.3) is 0 Å². The maximum Gasteiger partial charge on any atom is 0.123 e. The highest BCUT2D eigenvalue weighted by atomic mass is 19.1. The number of halogens is 1. The molecule has 0 aliphatic heterocycles. The molecule has 11 heavy (non-hydrogen) atoms. The summed E-state index contributed by atoms with van der Waals surface area (Å²) < 4.78 is 12.5. The van der Waals surface area contributed by atoms with Gasteiger partial charge in [-0.3, -0.25) is 0 Å². The number of hydrogen-bond donors (Lipinski definition) is 1.